The van der Waals surface area contributed by atoms with Gasteiger partial charge >= 0.3 is 5.97 Å². The summed E-state index contributed by atoms with van der Waals surface area (Å²) in [6.07, 6.45) is 6.26. The van der Waals surface area contributed by atoms with Gasteiger partial charge in [-0.1, -0.05) is 6.42 Å². The Balaban J connectivity index is 2.09. The smallest absolute Gasteiger partial charge is 0.303 e. The van der Waals surface area contributed by atoms with Gasteiger partial charge in [-0.05, 0) is 59.4 Å². The van der Waals surface area contributed by atoms with E-state index < -0.39 is 5.97 Å². The molecule has 100 valence electrons. The number of carbonyl (C=O) groups is 1. The van der Waals surface area contributed by atoms with Crippen molar-refractivity contribution in [2.45, 2.75) is 44.6 Å². The highest BCUT2D eigenvalue weighted by Gasteiger charge is 2.18. The molecule has 1 atom stereocenters. The minimum Gasteiger partial charge on any atom is -0.481 e. The third-order valence-corrected chi connectivity index (χ3v) is 3.70. The lowest BCUT2D eigenvalue weighted by molar-refractivity contribution is -0.137. The number of likely N-dealkylation sites (tertiary alicyclic amines) is 1. The molecule has 4 nitrogen and oxygen atoms in total. The van der Waals surface area contributed by atoms with E-state index >= 15 is 0 Å². The largest absolute Gasteiger partial charge is 0.481 e. The zero-order valence-electron chi connectivity index (χ0n) is 11.2. The lowest BCUT2D eigenvalue weighted by atomic mass is 10.00. The molecule has 0 spiro atoms. The summed E-state index contributed by atoms with van der Waals surface area (Å²) < 4.78 is 0. The summed E-state index contributed by atoms with van der Waals surface area (Å²) in [6, 6.07) is 0.727. The molecule has 0 bridgehead atoms. The number of carboxylic acids is 1. The molecule has 1 N–H and O–H groups in total. The van der Waals surface area contributed by atoms with Crippen LogP contribution < -0.4 is 0 Å². The lowest BCUT2D eigenvalue weighted by Crippen LogP contribution is -2.38. The van der Waals surface area contributed by atoms with Crippen molar-refractivity contribution in [3.05, 3.63) is 0 Å². The Bertz CT molecular complexity index is 233. The summed E-state index contributed by atoms with van der Waals surface area (Å²) in [7, 11) is 4.30. The Morgan fingerprint density at radius 3 is 2.82 bits per heavy atom. The summed E-state index contributed by atoms with van der Waals surface area (Å²) in [5.41, 5.74) is 0. The van der Waals surface area contributed by atoms with Crippen LogP contribution in [0.3, 0.4) is 0 Å². The first-order chi connectivity index (χ1) is 8.09. The van der Waals surface area contributed by atoms with Gasteiger partial charge in [-0.15, -0.1) is 0 Å². The number of carboxylic acid groups (broad SMARTS) is 1. The summed E-state index contributed by atoms with van der Waals surface area (Å²) >= 11 is 0. The number of hydrogen-bond donors (Lipinski definition) is 1. The molecule has 4 heteroatoms. The Morgan fingerprint density at radius 2 is 2.18 bits per heavy atom. The van der Waals surface area contributed by atoms with Crippen LogP contribution in [0, 0.1) is 0 Å². The van der Waals surface area contributed by atoms with E-state index in [1.54, 1.807) is 0 Å². The van der Waals surface area contributed by atoms with E-state index in [0.29, 0.717) is 0 Å². The number of piperidine rings is 1. The average Bonchev–Trinajstić information content (AvgIpc) is 2.27. The van der Waals surface area contributed by atoms with Gasteiger partial charge in [-0.2, -0.15) is 0 Å². The molecule has 1 aliphatic rings. The predicted molar refractivity (Wildman–Crippen MR) is 69.3 cm³/mol. The van der Waals surface area contributed by atoms with Crippen molar-refractivity contribution < 1.29 is 9.90 Å². The highest BCUT2D eigenvalue weighted by Crippen LogP contribution is 2.17. The molecule has 1 aliphatic heterocycles. The van der Waals surface area contributed by atoms with Gasteiger partial charge in [0, 0.05) is 12.5 Å². The van der Waals surface area contributed by atoms with Crippen molar-refractivity contribution >= 4 is 5.97 Å². The maximum absolute atomic E-state index is 10.4. The van der Waals surface area contributed by atoms with Crippen LogP contribution in [-0.2, 0) is 4.79 Å². The summed E-state index contributed by atoms with van der Waals surface area (Å²) in [5.74, 6) is -0.689. The van der Waals surface area contributed by atoms with E-state index in [1.807, 2.05) is 0 Å². The summed E-state index contributed by atoms with van der Waals surface area (Å²) in [6.45, 7) is 3.20. The second kappa shape index (κ2) is 7.67. The first-order valence-electron chi connectivity index (χ1n) is 6.70. The second-order valence-corrected chi connectivity index (χ2v) is 5.22. The maximum atomic E-state index is 10.4. The lowest BCUT2D eigenvalue weighted by Gasteiger charge is -2.33. The van der Waals surface area contributed by atoms with Gasteiger partial charge in [0.15, 0.2) is 0 Å². The molecule has 17 heavy (non-hydrogen) atoms. The number of nitrogens with zero attached hydrogens (tertiary/aromatic N) is 2. The van der Waals surface area contributed by atoms with Gasteiger partial charge in [-0.25, -0.2) is 0 Å². The van der Waals surface area contributed by atoms with Crippen molar-refractivity contribution in [3.8, 4) is 0 Å². The fourth-order valence-electron chi connectivity index (χ4n) is 2.49. The fraction of sp³-hybridized carbons (Fsp3) is 0.923. The van der Waals surface area contributed by atoms with Crippen LogP contribution >= 0.6 is 0 Å². The first-order valence-corrected chi connectivity index (χ1v) is 6.70. The van der Waals surface area contributed by atoms with Crippen molar-refractivity contribution in [1.82, 2.24) is 9.80 Å². The monoisotopic (exact) mass is 242 g/mol. The molecule has 1 fully saturated rings. The number of hydrogen-bond acceptors (Lipinski definition) is 3. The Kier molecular flexibility index (Phi) is 6.52. The molecule has 1 saturated heterocycles. The fourth-order valence-corrected chi connectivity index (χ4v) is 2.49. The van der Waals surface area contributed by atoms with E-state index in [1.165, 1.54) is 32.2 Å². The maximum Gasteiger partial charge on any atom is 0.303 e. The first kappa shape index (κ1) is 14.5. The Hall–Kier alpha value is -0.610. The van der Waals surface area contributed by atoms with Crippen LogP contribution in [0.2, 0.25) is 0 Å². The standard InChI is InChI=1S/C13H26N2O2/c1-14(9-5-7-13(16)17)11-8-12-6-3-4-10-15(12)2/h12H,3-11H2,1-2H3,(H,16,17). The molecule has 0 radical (unpaired) electrons. The van der Waals surface area contributed by atoms with Crippen molar-refractivity contribution in [3.63, 3.8) is 0 Å². The second-order valence-electron chi connectivity index (χ2n) is 5.22. The van der Waals surface area contributed by atoms with E-state index in [2.05, 4.69) is 23.9 Å². The van der Waals surface area contributed by atoms with E-state index in [0.717, 1.165) is 25.6 Å². The normalized spacial score (nSPS) is 21.9. The van der Waals surface area contributed by atoms with Gasteiger partial charge in [-0.3, -0.25) is 4.79 Å². The van der Waals surface area contributed by atoms with Gasteiger partial charge in [0.1, 0.15) is 0 Å². The summed E-state index contributed by atoms with van der Waals surface area (Å²) in [5, 5.41) is 8.57. The van der Waals surface area contributed by atoms with Crippen LogP contribution in [0.5, 0.6) is 0 Å². The quantitative estimate of drug-likeness (QED) is 0.737. The highest BCUT2D eigenvalue weighted by atomic mass is 16.4. The highest BCUT2D eigenvalue weighted by molar-refractivity contribution is 5.66. The Labute approximate surface area is 105 Å². The minimum absolute atomic E-state index is 0.285. The molecule has 0 saturated carbocycles. The third-order valence-electron chi connectivity index (χ3n) is 3.70. The molecular weight excluding hydrogens is 216 g/mol. The van der Waals surface area contributed by atoms with Crippen molar-refractivity contribution in [2.75, 3.05) is 33.7 Å². The van der Waals surface area contributed by atoms with Crippen LogP contribution in [0.25, 0.3) is 0 Å². The van der Waals surface area contributed by atoms with Crippen LogP contribution in [0.4, 0.5) is 0 Å². The number of rotatable bonds is 7. The SMILES string of the molecule is CN(CCCC(=O)O)CCC1CCCCN1C. The van der Waals surface area contributed by atoms with Crippen LogP contribution in [0.15, 0.2) is 0 Å². The minimum atomic E-state index is -0.689. The van der Waals surface area contributed by atoms with Crippen LogP contribution in [0.1, 0.15) is 38.5 Å². The molecule has 1 rings (SSSR count). The van der Waals surface area contributed by atoms with Crippen molar-refractivity contribution in [2.24, 2.45) is 0 Å². The molecule has 0 aromatic rings. The zero-order chi connectivity index (χ0) is 12.7. The molecule has 0 amide bonds. The van der Waals surface area contributed by atoms with E-state index in [4.69, 9.17) is 5.11 Å². The van der Waals surface area contributed by atoms with E-state index in [9.17, 15) is 4.79 Å². The molecule has 0 aromatic heterocycles. The summed E-state index contributed by atoms with van der Waals surface area (Å²) in [4.78, 5) is 15.1. The molecular formula is C13H26N2O2. The third kappa shape index (κ3) is 6.03. The van der Waals surface area contributed by atoms with E-state index in [-0.39, 0.29) is 6.42 Å². The van der Waals surface area contributed by atoms with Gasteiger partial charge < -0.3 is 14.9 Å². The number of aliphatic carboxylic acids is 1. The van der Waals surface area contributed by atoms with Crippen molar-refractivity contribution in [1.29, 1.82) is 0 Å². The van der Waals surface area contributed by atoms with Crippen LogP contribution in [-0.4, -0.2) is 60.6 Å². The topological polar surface area (TPSA) is 43.8 Å². The van der Waals surface area contributed by atoms with Gasteiger partial charge in [0.2, 0.25) is 0 Å². The molecule has 1 heterocycles. The zero-order valence-corrected chi connectivity index (χ0v) is 11.2. The predicted octanol–water partition coefficient (Wildman–Crippen LogP) is 1.66. The molecule has 1 unspecified atom stereocenters. The molecule has 0 aliphatic carbocycles. The van der Waals surface area contributed by atoms with Gasteiger partial charge in [0.25, 0.3) is 0 Å². The molecule has 0 aromatic carbocycles. The average molecular weight is 242 g/mol. The van der Waals surface area contributed by atoms with Gasteiger partial charge in [0.05, 0.1) is 0 Å². The Morgan fingerprint density at radius 1 is 1.41 bits per heavy atom.